The second-order valence-corrected chi connectivity index (χ2v) is 36.8. The van der Waals surface area contributed by atoms with Gasteiger partial charge in [0.25, 0.3) is 0 Å². The number of nitrogens with one attached hydrogen (secondary N) is 4. The van der Waals surface area contributed by atoms with Crippen LogP contribution in [0.3, 0.4) is 0 Å². The van der Waals surface area contributed by atoms with E-state index in [2.05, 4.69) is 148 Å². The molecule has 0 radical (unpaired) electrons. The highest BCUT2D eigenvalue weighted by atomic mass is 16.5. The molecule has 0 aliphatic carbocycles. The van der Waals surface area contributed by atoms with Gasteiger partial charge < -0.3 is 40.6 Å². The average molecular weight is 2010 g/mol. The number of ether oxygens (including phenoxy) is 3. The van der Waals surface area contributed by atoms with E-state index in [1.165, 1.54) is 16.7 Å². The van der Waals surface area contributed by atoms with Gasteiger partial charge in [0.15, 0.2) is 0 Å². The highest BCUT2D eigenvalue weighted by Gasteiger charge is 2.24. The molecule has 10 aromatic heterocycles. The van der Waals surface area contributed by atoms with Crippen molar-refractivity contribution in [2.75, 3.05) is 47.5 Å². The molecule has 10 heterocycles. The Morgan fingerprint density at radius 1 is 0.282 bits per heavy atom. The Bertz CT molecular complexity index is 6310. The zero-order valence-electron chi connectivity index (χ0n) is 88.9. The third-order valence-electron chi connectivity index (χ3n) is 25.7. The van der Waals surface area contributed by atoms with Crippen LogP contribution < -0.4 is 35.5 Å². The summed E-state index contributed by atoms with van der Waals surface area (Å²) in [4.78, 5) is 116. The number of aromatic nitrogens is 15. The monoisotopic (exact) mass is 2000 g/mol. The molecule has 0 aliphatic rings. The Balaban J connectivity index is 0.000000177. The summed E-state index contributed by atoms with van der Waals surface area (Å²) in [6.07, 6.45) is 49.3. The van der Waals surface area contributed by atoms with Gasteiger partial charge in [0.1, 0.15) is 17.2 Å². The van der Waals surface area contributed by atoms with Crippen LogP contribution in [-0.4, -0.2) is 151 Å². The summed E-state index contributed by atoms with van der Waals surface area (Å²) in [7, 11) is 4.83. The van der Waals surface area contributed by atoms with Crippen LogP contribution in [0.25, 0.3) is 56.3 Å². The number of hydrogen-bond acceptors (Lipinski definition) is 23. The molecule has 5 atom stereocenters. The smallest absolute Gasteiger partial charge is 0.224 e. The second kappa shape index (κ2) is 61.8. The molecular weight excluding hydrogens is 1860 g/mol. The summed E-state index contributed by atoms with van der Waals surface area (Å²) in [6, 6.07) is 54.1. The lowest BCUT2D eigenvalue weighted by Gasteiger charge is -2.16. The van der Waals surface area contributed by atoms with Crippen molar-refractivity contribution in [1.82, 2.24) is 96.0 Å². The van der Waals surface area contributed by atoms with Gasteiger partial charge in [-0.3, -0.25) is 69.0 Å². The topological polar surface area (TPSA) is 358 Å². The van der Waals surface area contributed by atoms with Gasteiger partial charge in [-0.15, -0.1) is 0 Å². The Morgan fingerprint density at radius 3 is 0.792 bits per heavy atom. The van der Waals surface area contributed by atoms with Crippen LogP contribution in [0.2, 0.25) is 0 Å². The van der Waals surface area contributed by atoms with Crippen molar-refractivity contribution in [3.8, 4) is 73.5 Å². The Kier molecular flexibility index (Phi) is 47.2. The first-order chi connectivity index (χ1) is 72.7. The maximum Gasteiger partial charge on any atom is 0.224 e. The largest absolute Gasteiger partial charge is 0.496 e. The fraction of sp³-hybridized carbons (Fsp3) is 0.352. The van der Waals surface area contributed by atoms with E-state index in [0.717, 1.165) is 231 Å². The van der Waals surface area contributed by atoms with Crippen molar-refractivity contribution in [2.45, 2.75) is 234 Å². The number of likely N-dealkylation sites (N-methyl/N-ethyl adjacent to an activating group) is 4. The predicted molar refractivity (Wildman–Crippen MR) is 590 cm³/mol. The first-order valence-corrected chi connectivity index (χ1v) is 52.2. The van der Waals surface area contributed by atoms with Gasteiger partial charge in [0, 0.05) is 174 Å². The lowest BCUT2D eigenvalue weighted by Crippen LogP contribution is -2.24. The molecule has 27 nitrogen and oxygen atoms in total. The van der Waals surface area contributed by atoms with Gasteiger partial charge in [0.2, 0.25) is 23.6 Å². The maximum absolute atomic E-state index is 12.0. The molecular formula is C122H145N19O8. The molecule has 0 spiro atoms. The van der Waals surface area contributed by atoms with Crippen LogP contribution in [0, 0.1) is 13.8 Å². The molecule has 0 fully saturated rings. The normalized spacial score (nSPS) is 11.8. The lowest BCUT2D eigenvalue weighted by atomic mass is 9.91. The number of hydrogen-bond donors (Lipinski definition) is 5. The van der Waals surface area contributed by atoms with E-state index in [-0.39, 0.29) is 43.1 Å². The number of aliphatic hydroxyl groups excluding tert-OH is 1. The zero-order chi connectivity index (χ0) is 106. The third kappa shape index (κ3) is 36.0. The first kappa shape index (κ1) is 114. The van der Waals surface area contributed by atoms with Crippen LogP contribution in [0.15, 0.2) is 275 Å². The van der Waals surface area contributed by atoms with Gasteiger partial charge in [-0.25, -0.2) is 24.9 Å². The molecule has 5 N–H and O–H groups in total. The Labute approximate surface area is 879 Å². The van der Waals surface area contributed by atoms with Crippen LogP contribution in [-0.2, 0) is 83.6 Å². The highest BCUT2D eigenvalue weighted by molar-refractivity contribution is 5.82. The molecule has 4 amide bonds. The molecule has 5 aromatic carbocycles. The minimum atomic E-state index is -0.0566. The van der Waals surface area contributed by atoms with Crippen LogP contribution in [0.4, 0.5) is 0 Å². The average Bonchev–Trinajstić information content (AvgIpc) is 0.539. The summed E-state index contributed by atoms with van der Waals surface area (Å²) in [5, 5.41) is 20.7. The number of nitrogens with zero attached hydrogens (tertiary/aromatic N) is 15. The van der Waals surface area contributed by atoms with Crippen molar-refractivity contribution in [3.05, 3.63) is 371 Å². The van der Waals surface area contributed by atoms with Crippen molar-refractivity contribution >= 4 is 23.6 Å². The van der Waals surface area contributed by atoms with E-state index >= 15 is 0 Å². The minimum absolute atomic E-state index is 0.0206. The van der Waals surface area contributed by atoms with Crippen LogP contribution in [0.5, 0.6) is 17.2 Å². The van der Waals surface area contributed by atoms with E-state index in [0.29, 0.717) is 85.9 Å². The molecule has 0 saturated carbocycles. The number of pyridine rings is 5. The summed E-state index contributed by atoms with van der Waals surface area (Å²) >= 11 is 0. The van der Waals surface area contributed by atoms with Crippen molar-refractivity contribution in [1.29, 1.82) is 0 Å². The van der Waals surface area contributed by atoms with Gasteiger partial charge in [-0.1, -0.05) is 158 Å². The molecule has 149 heavy (non-hydrogen) atoms. The number of carbonyl (C=O) groups excluding carboxylic acids is 4. The van der Waals surface area contributed by atoms with Gasteiger partial charge in [-0.05, 0) is 235 Å². The predicted octanol–water partition coefficient (Wildman–Crippen LogP) is 22.2. The van der Waals surface area contributed by atoms with Crippen molar-refractivity contribution < 1.29 is 38.5 Å². The highest BCUT2D eigenvalue weighted by Crippen LogP contribution is 2.36. The quantitative estimate of drug-likeness (QED) is 0.0236. The number of aryl methyl sites for hydroxylation is 2. The molecule has 15 rings (SSSR count). The van der Waals surface area contributed by atoms with Crippen molar-refractivity contribution in [3.63, 3.8) is 0 Å². The second-order valence-electron chi connectivity index (χ2n) is 36.8. The molecule has 0 aliphatic heterocycles. The van der Waals surface area contributed by atoms with E-state index in [1.807, 2.05) is 231 Å². The molecule has 776 valence electrons. The van der Waals surface area contributed by atoms with E-state index in [1.54, 1.807) is 64.7 Å². The van der Waals surface area contributed by atoms with Crippen LogP contribution in [0.1, 0.15) is 252 Å². The summed E-state index contributed by atoms with van der Waals surface area (Å²) < 4.78 is 16.4. The third-order valence-corrected chi connectivity index (χ3v) is 25.7. The number of amides is 4. The molecule has 15 aromatic rings. The standard InChI is InChI=1S/2C25H30N4O2.2C25H30N4O.C22H25N3O2/c1-4-8-18(22-9-6-7-12-28-22)13-21-16-26-17-23(29-21)19-10-11-20(24(14-19)31-3)15-25(30)27-5-2;1-4-7-18(21-8-6-11-26-15-21)12-22-16-27-17-23(29-22)19-9-10-20(24(13-19)31-3)14-25(30)28-5-2;1-4-8-20(23-9-6-7-12-28-23)14-22-16-26-17-24(29-22)21-11-10-19(18(3)13-21)15-25(30)27-5-2;1-4-7-20(22-8-6-11-26-15-22)13-23-16-27-17-24(29-23)21-10-9-19(18(3)12-21)14-25(30)28-5-2;1-3-5-16(18-6-4-9-23-12-18)10-20-13-24-14-21(25-20)17-7-8-19(15-26)22(11-17)27-2/h6-7,9-12,14,16-18H,4-5,8,13,15H2,1-3H3,(H,27,30);6,8-11,13,15-18H,4-5,7,12,14H2,1-3H3,(H,28,30);6-7,9-13,16-17,20H,4-5,8,14-15H2,1-3H3,(H,27,30);6,8-12,15-17,20H,4-5,7,13-14H2,1-3H3,(H,28,30);4,6-9,11-14,16,26H,3,5,10,15H2,1-2H3/t;18-;;20-;/m.1.1./s1. The maximum atomic E-state index is 12.0. The molecule has 3 unspecified atom stereocenters. The van der Waals surface area contributed by atoms with E-state index in [4.69, 9.17) is 39.1 Å². The number of rotatable bonds is 46. The first-order valence-electron chi connectivity index (χ1n) is 52.2. The van der Waals surface area contributed by atoms with E-state index < -0.39 is 0 Å². The Hall–Kier alpha value is -15.5. The number of carbonyl (C=O) groups is 4. The fourth-order valence-corrected chi connectivity index (χ4v) is 18.2. The SMILES string of the molecule is CCCC(Cc1cncc(-c2ccc(CC(=O)NCC)c(C)c2)n1)c1ccccn1.CCCC(Cc1cncc(-c2ccc(CC(=O)NCC)c(OC)c2)n1)c1ccccn1.CCCC(Cc1cncc(-c2ccc(CO)c(OC)c2)n1)c1cccnc1.CCC[C@H](Cc1cncc(-c2ccc(CC(=O)NCC)c(C)c2)n1)c1cccnc1.CCC[C@H](Cc1cncc(-c2ccc(CC(=O)NCC)c(OC)c2)n1)c1cccnc1. The number of aliphatic hydroxyl groups is 1. The molecule has 27 heteroatoms. The minimum Gasteiger partial charge on any atom is -0.496 e. The Morgan fingerprint density at radius 2 is 0.544 bits per heavy atom. The van der Waals surface area contributed by atoms with E-state index in [9.17, 15) is 24.3 Å². The van der Waals surface area contributed by atoms with Gasteiger partial charge >= 0.3 is 0 Å². The zero-order valence-corrected chi connectivity index (χ0v) is 88.9. The number of benzene rings is 5. The van der Waals surface area contributed by atoms with Gasteiger partial charge in [0.05, 0.1) is 142 Å². The van der Waals surface area contributed by atoms with Crippen LogP contribution >= 0.6 is 0 Å². The number of methoxy groups -OCH3 is 3. The summed E-state index contributed by atoms with van der Waals surface area (Å²) in [6.45, 7) is 25.2. The lowest BCUT2D eigenvalue weighted by molar-refractivity contribution is -0.121. The van der Waals surface area contributed by atoms with Crippen molar-refractivity contribution in [2.24, 2.45) is 0 Å². The summed E-state index contributed by atoms with van der Waals surface area (Å²) in [5.74, 6) is 3.82. The molecule has 0 saturated heterocycles. The molecule has 0 bridgehead atoms. The van der Waals surface area contributed by atoms with Gasteiger partial charge in [-0.2, -0.15) is 0 Å². The summed E-state index contributed by atoms with van der Waals surface area (Å²) in [5.41, 5.74) is 26.3. The fourth-order valence-electron chi connectivity index (χ4n) is 18.2.